The van der Waals surface area contributed by atoms with E-state index in [9.17, 15) is 17.6 Å². The van der Waals surface area contributed by atoms with Crippen LogP contribution in [0.15, 0.2) is 23.1 Å². The average Bonchev–Trinajstić information content (AvgIpc) is 2.39. The van der Waals surface area contributed by atoms with Gasteiger partial charge in [0.15, 0.2) is 0 Å². The fourth-order valence-electron chi connectivity index (χ4n) is 1.97. The van der Waals surface area contributed by atoms with Crippen LogP contribution in [0.4, 0.5) is 4.39 Å². The summed E-state index contributed by atoms with van der Waals surface area (Å²) < 4.78 is 41.0. The molecule has 1 saturated heterocycles. The zero-order valence-electron chi connectivity index (χ0n) is 10.6. The lowest BCUT2D eigenvalue weighted by molar-refractivity contribution is 0.0696. The number of benzene rings is 1. The van der Waals surface area contributed by atoms with E-state index in [1.165, 1.54) is 6.07 Å². The Balaban J connectivity index is 2.18. The van der Waals surface area contributed by atoms with Crippen LogP contribution in [0.2, 0.25) is 0 Å². The summed E-state index contributed by atoms with van der Waals surface area (Å²) in [4.78, 5) is 11.3. The standard InChI is InChI=1S/C12H15FN2O4S/c13-10-2-1-8(7-11(10)20(14,17)18)12(16)15-9-3-5-19-6-4-9/h1-2,7,9H,3-6H2,(H,15,16)(H2,14,17,18). The maximum atomic E-state index is 13.4. The maximum absolute atomic E-state index is 13.4. The molecule has 1 aromatic carbocycles. The lowest BCUT2D eigenvalue weighted by Gasteiger charge is -2.23. The van der Waals surface area contributed by atoms with Gasteiger partial charge in [0.05, 0.1) is 0 Å². The van der Waals surface area contributed by atoms with Gasteiger partial charge in [0.25, 0.3) is 5.91 Å². The van der Waals surface area contributed by atoms with Crippen molar-refractivity contribution in [3.63, 3.8) is 0 Å². The predicted octanol–water partition coefficient (Wildman–Crippen LogP) is 0.382. The third-order valence-electron chi connectivity index (χ3n) is 3.06. The van der Waals surface area contributed by atoms with E-state index in [0.717, 1.165) is 12.1 Å². The van der Waals surface area contributed by atoms with Crippen molar-refractivity contribution in [2.75, 3.05) is 13.2 Å². The molecule has 3 N–H and O–H groups in total. The van der Waals surface area contributed by atoms with Crippen LogP contribution in [-0.2, 0) is 14.8 Å². The minimum atomic E-state index is -4.20. The van der Waals surface area contributed by atoms with Crippen LogP contribution >= 0.6 is 0 Å². The van der Waals surface area contributed by atoms with E-state index < -0.39 is 26.6 Å². The predicted molar refractivity (Wildman–Crippen MR) is 69.1 cm³/mol. The molecule has 110 valence electrons. The lowest BCUT2D eigenvalue weighted by Crippen LogP contribution is -2.39. The average molecular weight is 302 g/mol. The number of amides is 1. The topological polar surface area (TPSA) is 98.5 Å². The lowest BCUT2D eigenvalue weighted by atomic mass is 10.1. The summed E-state index contributed by atoms with van der Waals surface area (Å²) in [5.74, 6) is -1.43. The van der Waals surface area contributed by atoms with Crippen molar-refractivity contribution in [2.45, 2.75) is 23.8 Å². The van der Waals surface area contributed by atoms with Gasteiger partial charge in [-0.2, -0.15) is 0 Å². The number of ether oxygens (including phenoxy) is 1. The van der Waals surface area contributed by atoms with Gasteiger partial charge in [0.2, 0.25) is 10.0 Å². The zero-order valence-corrected chi connectivity index (χ0v) is 11.5. The molecule has 0 bridgehead atoms. The number of nitrogens with one attached hydrogen (secondary N) is 1. The monoisotopic (exact) mass is 302 g/mol. The number of rotatable bonds is 3. The molecule has 1 fully saturated rings. The zero-order chi connectivity index (χ0) is 14.8. The Kier molecular flexibility index (Phi) is 4.36. The molecule has 0 aliphatic carbocycles. The molecule has 1 heterocycles. The Labute approximate surface area is 116 Å². The fourth-order valence-corrected chi connectivity index (χ4v) is 2.60. The van der Waals surface area contributed by atoms with Crippen molar-refractivity contribution in [3.05, 3.63) is 29.6 Å². The highest BCUT2D eigenvalue weighted by molar-refractivity contribution is 7.89. The van der Waals surface area contributed by atoms with Crippen molar-refractivity contribution in [1.29, 1.82) is 0 Å². The summed E-state index contributed by atoms with van der Waals surface area (Å²) in [5, 5.41) is 7.65. The van der Waals surface area contributed by atoms with Gasteiger partial charge < -0.3 is 10.1 Å². The molecule has 20 heavy (non-hydrogen) atoms. The third kappa shape index (κ3) is 3.53. The quantitative estimate of drug-likeness (QED) is 0.843. The van der Waals surface area contributed by atoms with E-state index in [2.05, 4.69) is 5.32 Å². The fraction of sp³-hybridized carbons (Fsp3) is 0.417. The molecule has 0 saturated carbocycles. The SMILES string of the molecule is NS(=O)(=O)c1cc(C(=O)NC2CCOCC2)ccc1F. The molecule has 0 aromatic heterocycles. The largest absolute Gasteiger partial charge is 0.381 e. The molecule has 6 nitrogen and oxygen atoms in total. The number of carbonyl (C=O) groups excluding carboxylic acids is 1. The maximum Gasteiger partial charge on any atom is 0.251 e. The highest BCUT2D eigenvalue weighted by Gasteiger charge is 2.20. The van der Waals surface area contributed by atoms with Gasteiger partial charge in [-0.25, -0.2) is 17.9 Å². The van der Waals surface area contributed by atoms with E-state index in [-0.39, 0.29) is 11.6 Å². The van der Waals surface area contributed by atoms with E-state index in [0.29, 0.717) is 26.1 Å². The Morgan fingerprint density at radius 1 is 1.35 bits per heavy atom. The van der Waals surface area contributed by atoms with Crippen LogP contribution in [0.3, 0.4) is 0 Å². The highest BCUT2D eigenvalue weighted by Crippen LogP contribution is 2.15. The molecular formula is C12H15FN2O4S. The van der Waals surface area contributed by atoms with Crippen molar-refractivity contribution in [2.24, 2.45) is 5.14 Å². The van der Waals surface area contributed by atoms with E-state index in [1.54, 1.807) is 0 Å². The second kappa shape index (κ2) is 5.86. The van der Waals surface area contributed by atoms with Crippen LogP contribution < -0.4 is 10.5 Å². The van der Waals surface area contributed by atoms with E-state index in [4.69, 9.17) is 9.88 Å². The summed E-state index contributed by atoms with van der Waals surface area (Å²) in [7, 11) is -4.20. The van der Waals surface area contributed by atoms with Crippen LogP contribution in [0.25, 0.3) is 0 Å². The molecule has 1 amide bonds. The van der Waals surface area contributed by atoms with Crippen molar-refractivity contribution in [3.8, 4) is 0 Å². The van der Waals surface area contributed by atoms with Crippen LogP contribution in [0, 0.1) is 5.82 Å². The number of carbonyl (C=O) groups is 1. The summed E-state index contributed by atoms with van der Waals surface area (Å²) in [6.07, 6.45) is 1.38. The molecule has 8 heteroatoms. The summed E-state index contributed by atoms with van der Waals surface area (Å²) >= 11 is 0. The van der Waals surface area contributed by atoms with Gasteiger partial charge in [0.1, 0.15) is 10.7 Å². The van der Waals surface area contributed by atoms with Gasteiger partial charge in [-0.15, -0.1) is 0 Å². The Bertz CT molecular complexity index is 612. The first-order chi connectivity index (χ1) is 9.38. The molecule has 0 unspecified atom stereocenters. The Morgan fingerprint density at radius 2 is 2.00 bits per heavy atom. The number of halogens is 1. The highest BCUT2D eigenvalue weighted by atomic mass is 32.2. The van der Waals surface area contributed by atoms with Gasteiger partial charge in [-0.1, -0.05) is 0 Å². The normalized spacial score (nSPS) is 16.9. The van der Waals surface area contributed by atoms with Gasteiger partial charge in [-0.05, 0) is 31.0 Å². The molecule has 2 rings (SSSR count). The number of sulfonamides is 1. The van der Waals surface area contributed by atoms with Crippen LogP contribution in [0.5, 0.6) is 0 Å². The van der Waals surface area contributed by atoms with Crippen molar-refractivity contribution in [1.82, 2.24) is 5.32 Å². The second-order valence-corrected chi connectivity index (χ2v) is 6.08. The second-order valence-electron chi connectivity index (χ2n) is 4.55. The first-order valence-electron chi connectivity index (χ1n) is 6.09. The number of nitrogens with two attached hydrogens (primary N) is 1. The van der Waals surface area contributed by atoms with Crippen molar-refractivity contribution >= 4 is 15.9 Å². The molecule has 0 atom stereocenters. The van der Waals surface area contributed by atoms with Gasteiger partial charge in [-0.3, -0.25) is 4.79 Å². The van der Waals surface area contributed by atoms with E-state index in [1.807, 2.05) is 0 Å². The number of hydrogen-bond donors (Lipinski definition) is 2. The van der Waals surface area contributed by atoms with Crippen LogP contribution in [-0.4, -0.2) is 33.6 Å². The number of primary sulfonamides is 1. The summed E-state index contributed by atoms with van der Waals surface area (Å²) in [5.41, 5.74) is 0.0573. The third-order valence-corrected chi connectivity index (χ3v) is 3.98. The van der Waals surface area contributed by atoms with Crippen molar-refractivity contribution < 1.29 is 22.3 Å². The number of hydrogen-bond acceptors (Lipinski definition) is 4. The first-order valence-corrected chi connectivity index (χ1v) is 7.63. The summed E-state index contributed by atoms with van der Waals surface area (Å²) in [6.45, 7) is 1.13. The van der Waals surface area contributed by atoms with Gasteiger partial charge in [0, 0.05) is 24.8 Å². The minimum absolute atomic E-state index is 0.0285. The van der Waals surface area contributed by atoms with E-state index >= 15 is 0 Å². The molecular weight excluding hydrogens is 287 g/mol. The molecule has 1 aliphatic heterocycles. The Hall–Kier alpha value is -1.51. The summed E-state index contributed by atoms with van der Waals surface area (Å²) in [6, 6.07) is 3.05. The smallest absolute Gasteiger partial charge is 0.251 e. The van der Waals surface area contributed by atoms with Crippen LogP contribution in [0.1, 0.15) is 23.2 Å². The molecule has 1 aromatic rings. The Morgan fingerprint density at radius 3 is 2.60 bits per heavy atom. The first kappa shape index (κ1) is 14.9. The molecule has 0 radical (unpaired) electrons. The minimum Gasteiger partial charge on any atom is -0.381 e. The molecule has 1 aliphatic rings. The molecule has 0 spiro atoms. The van der Waals surface area contributed by atoms with Gasteiger partial charge >= 0.3 is 0 Å².